The van der Waals surface area contributed by atoms with Crippen LogP contribution in [0.25, 0.3) is 17.0 Å². The number of aromatic nitrogens is 2. The Kier molecular flexibility index (Phi) is 16.0. The molecule has 3 aliphatic rings. The maximum absolute atomic E-state index is 14.9. The molecule has 21 heteroatoms. The third-order valence-electron chi connectivity index (χ3n) is 11.4. The number of carbonyl (C=O) groups is 4. The van der Waals surface area contributed by atoms with E-state index < -0.39 is 29.7 Å². The summed E-state index contributed by atoms with van der Waals surface area (Å²) >= 11 is 6.35. The van der Waals surface area contributed by atoms with Gasteiger partial charge in [-0.2, -0.15) is 5.11 Å². The average molecular weight is 977 g/mol. The highest BCUT2D eigenvalue weighted by atomic mass is 35.5. The number of benzene rings is 4. The van der Waals surface area contributed by atoms with Crippen molar-refractivity contribution in [1.29, 1.82) is 5.53 Å². The standard InChI is InChI=1S/C49H47ClF2N10O8/c50-31-6-10-36-37(21-31)46(44-38(51)2-1-3-39(44)52)55-22-30-23-56-49(60-45(30)36)58-32-7-4-28(5-8-32)40(61-53)24-54-15-17-69-26-34(63)27-70-19-18-68-16-14-43(65)57-33-9-11-35-29(20-33)25-62(48(35)67)41-12-13-42(64)59-47(41)66/h1-11,20-21,23-24,34,41,53-54,63H,12-19,22,25-27H2,(H,57,65)(H,56,58,60)(H,59,64,66)/b40-24-,61-53?. The fraction of sp³-hybridized carbons (Fsp3) is 0.286. The van der Waals surface area contributed by atoms with E-state index in [-0.39, 0.29) is 107 Å². The molecule has 362 valence electrons. The Labute approximate surface area is 405 Å². The lowest BCUT2D eigenvalue weighted by atomic mass is 9.95. The van der Waals surface area contributed by atoms with Crippen molar-refractivity contribution < 1.29 is 47.3 Å². The second-order valence-electron chi connectivity index (χ2n) is 16.3. The number of carbonyl (C=O) groups excluding carboxylic acids is 4. The molecule has 1 fully saturated rings. The number of hydrogen-bond acceptors (Lipinski definition) is 15. The summed E-state index contributed by atoms with van der Waals surface area (Å²) in [5.74, 6) is -2.64. The molecule has 4 aromatic carbocycles. The van der Waals surface area contributed by atoms with Crippen LogP contribution in [0.1, 0.15) is 57.4 Å². The number of nitrogens with one attached hydrogen (secondary N) is 5. The number of nitrogens with zero attached hydrogens (tertiary/aromatic N) is 5. The van der Waals surface area contributed by atoms with Gasteiger partial charge in [-0.3, -0.25) is 29.5 Å². The van der Waals surface area contributed by atoms with Crippen LogP contribution in [-0.2, 0) is 41.7 Å². The van der Waals surface area contributed by atoms with Gasteiger partial charge in [-0.25, -0.2) is 24.3 Å². The molecule has 1 aromatic heterocycles. The summed E-state index contributed by atoms with van der Waals surface area (Å²) in [6, 6.07) is 20.0. The van der Waals surface area contributed by atoms with Crippen LogP contribution < -0.4 is 21.3 Å². The van der Waals surface area contributed by atoms with Crippen LogP contribution in [0.5, 0.6) is 0 Å². The number of aliphatic hydroxyl groups is 1. The van der Waals surface area contributed by atoms with Crippen LogP contribution in [0.2, 0.25) is 5.02 Å². The first-order chi connectivity index (χ1) is 33.9. The summed E-state index contributed by atoms with van der Waals surface area (Å²) in [6.07, 6.45) is 2.83. The van der Waals surface area contributed by atoms with Gasteiger partial charge in [0.25, 0.3) is 5.91 Å². The number of rotatable bonds is 21. The van der Waals surface area contributed by atoms with Gasteiger partial charge in [-0.1, -0.05) is 35.9 Å². The number of imide groups is 1. The zero-order valence-corrected chi connectivity index (χ0v) is 38.2. The number of halogens is 3. The van der Waals surface area contributed by atoms with E-state index in [0.29, 0.717) is 67.7 Å². The molecule has 2 unspecified atom stereocenters. The van der Waals surface area contributed by atoms with E-state index in [1.54, 1.807) is 73.1 Å². The maximum Gasteiger partial charge on any atom is 0.255 e. The predicted molar refractivity (Wildman–Crippen MR) is 253 cm³/mol. The molecule has 8 rings (SSSR count). The van der Waals surface area contributed by atoms with Gasteiger partial charge in [0.1, 0.15) is 29.5 Å². The van der Waals surface area contributed by atoms with Gasteiger partial charge >= 0.3 is 0 Å². The minimum Gasteiger partial charge on any atom is -0.388 e. The minimum absolute atomic E-state index is 0.0166. The number of aliphatic imine (C=N–C) groups is 1. The smallest absolute Gasteiger partial charge is 0.255 e. The van der Waals surface area contributed by atoms with E-state index in [4.69, 9.17) is 36.3 Å². The zero-order chi connectivity index (χ0) is 49.1. The van der Waals surface area contributed by atoms with Gasteiger partial charge in [-0.15, -0.1) is 0 Å². The lowest BCUT2D eigenvalue weighted by molar-refractivity contribution is -0.137. The van der Waals surface area contributed by atoms with Crippen molar-refractivity contribution in [3.05, 3.63) is 141 Å². The van der Waals surface area contributed by atoms with Crippen molar-refractivity contribution in [2.75, 3.05) is 56.8 Å². The number of hydrogen-bond donors (Lipinski definition) is 6. The lowest BCUT2D eigenvalue weighted by Gasteiger charge is -2.29. The average Bonchev–Trinajstić information content (AvgIpc) is 3.58. The first-order valence-corrected chi connectivity index (χ1v) is 22.7. The molecule has 0 radical (unpaired) electrons. The summed E-state index contributed by atoms with van der Waals surface area (Å²) in [5.41, 5.74) is 13.1. The van der Waals surface area contributed by atoms with Crippen LogP contribution in [0, 0.1) is 17.2 Å². The number of fused-ring (bicyclic) bond motifs is 4. The maximum atomic E-state index is 14.9. The summed E-state index contributed by atoms with van der Waals surface area (Å²) in [5, 5.41) is 25.6. The summed E-state index contributed by atoms with van der Waals surface area (Å²) in [6.45, 7) is 1.48. The highest BCUT2D eigenvalue weighted by Gasteiger charge is 2.39. The van der Waals surface area contributed by atoms with Crippen molar-refractivity contribution in [3.63, 3.8) is 0 Å². The van der Waals surface area contributed by atoms with E-state index >= 15 is 0 Å². The molecule has 4 amide bonds. The molecule has 5 aromatic rings. The van der Waals surface area contributed by atoms with E-state index in [1.165, 1.54) is 23.1 Å². The van der Waals surface area contributed by atoms with Crippen molar-refractivity contribution in [2.24, 2.45) is 10.1 Å². The molecule has 6 N–H and O–H groups in total. The van der Waals surface area contributed by atoms with Crippen molar-refractivity contribution in [2.45, 2.75) is 44.5 Å². The van der Waals surface area contributed by atoms with Crippen LogP contribution in [-0.4, -0.2) is 108 Å². The molecule has 1 saturated heterocycles. The SMILES string of the molecule is N=N/C(=C\NCCOCC(O)COCCOCCC(=O)Nc1ccc2c(c1)CN(C1CCC(=O)NC1=O)C2=O)c1ccc(Nc2ncc3c(n2)-c2ccc(Cl)cc2C(c2c(F)cccc2F)=NC3)cc1. The Bertz CT molecular complexity index is 2850. The Morgan fingerprint density at radius 2 is 1.67 bits per heavy atom. The first-order valence-electron chi connectivity index (χ1n) is 22.3. The van der Waals surface area contributed by atoms with Crippen LogP contribution in [0.3, 0.4) is 0 Å². The zero-order valence-electron chi connectivity index (χ0n) is 37.5. The Hall–Kier alpha value is -7.36. The third kappa shape index (κ3) is 11.9. The van der Waals surface area contributed by atoms with Gasteiger partial charge < -0.3 is 40.2 Å². The molecule has 18 nitrogen and oxygen atoms in total. The molecule has 0 aliphatic carbocycles. The molecule has 0 saturated carbocycles. The van der Waals surface area contributed by atoms with Gasteiger partial charge in [0.2, 0.25) is 23.7 Å². The summed E-state index contributed by atoms with van der Waals surface area (Å²) in [7, 11) is 0. The molecule has 0 spiro atoms. The van der Waals surface area contributed by atoms with Crippen LogP contribution in [0.4, 0.5) is 26.1 Å². The highest BCUT2D eigenvalue weighted by molar-refractivity contribution is 6.31. The molecule has 3 aliphatic heterocycles. The fourth-order valence-electron chi connectivity index (χ4n) is 8.00. The highest BCUT2D eigenvalue weighted by Crippen LogP contribution is 2.35. The minimum atomic E-state index is -0.879. The first kappa shape index (κ1) is 49.1. The summed E-state index contributed by atoms with van der Waals surface area (Å²) < 4.78 is 46.4. The Balaban J connectivity index is 0.705. The second-order valence-corrected chi connectivity index (χ2v) is 16.7. The van der Waals surface area contributed by atoms with Gasteiger partial charge in [0, 0.05) is 76.1 Å². The third-order valence-corrected chi connectivity index (χ3v) is 11.7. The molecule has 0 bridgehead atoms. The van der Waals surface area contributed by atoms with Gasteiger partial charge in [0.05, 0.1) is 69.6 Å². The predicted octanol–water partition coefficient (Wildman–Crippen LogP) is 6.29. The van der Waals surface area contributed by atoms with E-state index in [2.05, 4.69) is 36.4 Å². The number of anilines is 3. The van der Waals surface area contributed by atoms with E-state index in [1.807, 2.05) is 0 Å². The normalized spacial score (nSPS) is 15.8. The van der Waals surface area contributed by atoms with Crippen LogP contribution >= 0.6 is 11.6 Å². The number of piperidine rings is 1. The van der Waals surface area contributed by atoms with Gasteiger partial charge in [-0.05, 0) is 66.6 Å². The monoisotopic (exact) mass is 976 g/mol. The van der Waals surface area contributed by atoms with Crippen molar-refractivity contribution in [1.82, 2.24) is 25.5 Å². The van der Waals surface area contributed by atoms with E-state index in [9.17, 15) is 33.1 Å². The quantitative estimate of drug-likeness (QED) is 0.0270. The number of amides is 4. The van der Waals surface area contributed by atoms with E-state index in [0.717, 1.165) is 0 Å². The largest absolute Gasteiger partial charge is 0.388 e. The molecular formula is C49H47ClF2N10O8. The number of aliphatic hydroxyl groups excluding tert-OH is 1. The van der Waals surface area contributed by atoms with Gasteiger partial charge in [0.15, 0.2) is 0 Å². The molecule has 4 heterocycles. The summed E-state index contributed by atoms with van der Waals surface area (Å²) in [4.78, 5) is 64.5. The number of ether oxygens (including phenoxy) is 3. The topological polar surface area (TPSA) is 242 Å². The molecule has 70 heavy (non-hydrogen) atoms. The molecule has 2 atom stereocenters. The fourth-order valence-corrected chi connectivity index (χ4v) is 8.17. The van der Waals surface area contributed by atoms with Crippen LogP contribution in [0.15, 0.2) is 101 Å². The van der Waals surface area contributed by atoms with Crippen molar-refractivity contribution in [3.8, 4) is 11.3 Å². The molecular weight excluding hydrogens is 930 g/mol. The second kappa shape index (κ2) is 22.8. The Morgan fingerprint density at radius 1 is 0.929 bits per heavy atom. The Morgan fingerprint density at radius 3 is 2.44 bits per heavy atom. The van der Waals surface area contributed by atoms with Crippen molar-refractivity contribution >= 4 is 64.0 Å². The lowest BCUT2D eigenvalue weighted by Crippen LogP contribution is -2.52.